The Morgan fingerprint density at radius 2 is 1.90 bits per heavy atom. The van der Waals surface area contributed by atoms with E-state index in [2.05, 4.69) is 5.32 Å². The van der Waals surface area contributed by atoms with E-state index in [4.69, 9.17) is 4.74 Å². The van der Waals surface area contributed by atoms with Crippen LogP contribution in [0.15, 0.2) is 30.3 Å². The Balaban J connectivity index is 2.51. The Morgan fingerprint density at radius 3 is 2.45 bits per heavy atom. The van der Waals surface area contributed by atoms with E-state index in [0.717, 1.165) is 12.0 Å². The normalized spacial score (nSPS) is 13.3. The molecule has 0 spiro atoms. The van der Waals surface area contributed by atoms with E-state index in [1.165, 1.54) is 7.11 Å². The fraction of sp³-hybridized carbons (Fsp3) is 0.500. The lowest BCUT2D eigenvalue weighted by Crippen LogP contribution is -2.45. The molecule has 0 aliphatic rings. The number of methoxy groups -OCH3 is 1. The van der Waals surface area contributed by atoms with Gasteiger partial charge in [-0.25, -0.2) is 4.79 Å². The second kappa shape index (κ2) is 8.35. The fourth-order valence-electron chi connectivity index (χ4n) is 1.94. The average molecular weight is 277 g/mol. The van der Waals surface area contributed by atoms with Crippen molar-refractivity contribution in [2.45, 2.75) is 39.2 Å². The molecule has 1 rings (SSSR count). The van der Waals surface area contributed by atoms with Crippen molar-refractivity contribution in [3.05, 3.63) is 35.9 Å². The standard InChI is InChI=1S/C16H23NO3/c1-4-12(2)15(16(19)20-3)17-14(18)11-10-13-8-6-5-7-9-13/h5-9,12,15H,4,10-11H2,1-3H3,(H,17,18)/t12-,15+/m0/s1. The van der Waals surface area contributed by atoms with Gasteiger partial charge >= 0.3 is 5.97 Å². The van der Waals surface area contributed by atoms with Gasteiger partial charge in [-0.1, -0.05) is 50.6 Å². The topological polar surface area (TPSA) is 55.4 Å². The SMILES string of the molecule is CC[C@H](C)[C@@H](NC(=O)CCc1ccccc1)C(=O)OC. The number of ether oxygens (including phenoxy) is 1. The molecule has 1 aromatic carbocycles. The van der Waals surface area contributed by atoms with Gasteiger partial charge in [-0.15, -0.1) is 0 Å². The van der Waals surface area contributed by atoms with Crippen LogP contribution < -0.4 is 5.32 Å². The maximum atomic E-state index is 11.9. The summed E-state index contributed by atoms with van der Waals surface area (Å²) >= 11 is 0. The van der Waals surface area contributed by atoms with Gasteiger partial charge in [0.15, 0.2) is 0 Å². The monoisotopic (exact) mass is 277 g/mol. The highest BCUT2D eigenvalue weighted by Crippen LogP contribution is 2.10. The van der Waals surface area contributed by atoms with Gasteiger partial charge in [0.2, 0.25) is 5.91 Å². The molecule has 4 heteroatoms. The zero-order chi connectivity index (χ0) is 15.0. The largest absolute Gasteiger partial charge is 0.467 e. The molecular formula is C16H23NO3. The summed E-state index contributed by atoms with van der Waals surface area (Å²) in [6.45, 7) is 3.91. The van der Waals surface area contributed by atoms with E-state index in [1.807, 2.05) is 44.2 Å². The van der Waals surface area contributed by atoms with Gasteiger partial charge in [0.05, 0.1) is 7.11 Å². The summed E-state index contributed by atoms with van der Waals surface area (Å²) in [6.07, 6.45) is 1.84. The number of amides is 1. The molecule has 0 saturated carbocycles. The van der Waals surface area contributed by atoms with Crippen molar-refractivity contribution in [3.8, 4) is 0 Å². The van der Waals surface area contributed by atoms with Gasteiger partial charge in [0.1, 0.15) is 6.04 Å². The van der Waals surface area contributed by atoms with Gasteiger partial charge in [-0.2, -0.15) is 0 Å². The third-order valence-electron chi connectivity index (χ3n) is 3.47. The van der Waals surface area contributed by atoms with Crippen LogP contribution in [0.25, 0.3) is 0 Å². The Labute approximate surface area is 120 Å². The molecule has 0 aromatic heterocycles. The summed E-state index contributed by atoms with van der Waals surface area (Å²) in [6, 6.07) is 9.25. The summed E-state index contributed by atoms with van der Waals surface area (Å²) in [4.78, 5) is 23.6. The van der Waals surface area contributed by atoms with Crippen LogP contribution in [0.2, 0.25) is 0 Å². The van der Waals surface area contributed by atoms with Crippen LogP contribution in [0.5, 0.6) is 0 Å². The van der Waals surface area contributed by atoms with Crippen LogP contribution in [-0.4, -0.2) is 25.0 Å². The Hall–Kier alpha value is -1.84. The molecule has 20 heavy (non-hydrogen) atoms. The summed E-state index contributed by atoms with van der Waals surface area (Å²) in [5, 5.41) is 2.78. The number of rotatable bonds is 7. The highest BCUT2D eigenvalue weighted by Gasteiger charge is 2.26. The number of esters is 1. The predicted molar refractivity (Wildman–Crippen MR) is 78.2 cm³/mol. The summed E-state index contributed by atoms with van der Waals surface area (Å²) in [5.41, 5.74) is 1.11. The van der Waals surface area contributed by atoms with E-state index < -0.39 is 6.04 Å². The molecule has 0 aliphatic heterocycles. The quantitative estimate of drug-likeness (QED) is 0.778. The Morgan fingerprint density at radius 1 is 1.25 bits per heavy atom. The third-order valence-corrected chi connectivity index (χ3v) is 3.47. The lowest BCUT2D eigenvalue weighted by Gasteiger charge is -2.21. The fourth-order valence-corrected chi connectivity index (χ4v) is 1.94. The van der Waals surface area contributed by atoms with Crippen molar-refractivity contribution in [2.24, 2.45) is 5.92 Å². The molecule has 110 valence electrons. The van der Waals surface area contributed by atoms with Crippen molar-refractivity contribution in [1.29, 1.82) is 0 Å². The number of carbonyl (C=O) groups excluding carboxylic acids is 2. The number of benzene rings is 1. The van der Waals surface area contributed by atoms with Gasteiger partial charge in [0.25, 0.3) is 0 Å². The first-order valence-electron chi connectivity index (χ1n) is 6.99. The van der Waals surface area contributed by atoms with Gasteiger partial charge in [-0.3, -0.25) is 4.79 Å². The predicted octanol–water partition coefficient (Wildman–Crippen LogP) is 2.32. The number of hydrogen-bond acceptors (Lipinski definition) is 3. The van der Waals surface area contributed by atoms with E-state index in [0.29, 0.717) is 12.8 Å². The Bertz CT molecular complexity index is 431. The highest BCUT2D eigenvalue weighted by molar-refractivity contribution is 5.84. The number of hydrogen-bond donors (Lipinski definition) is 1. The van der Waals surface area contributed by atoms with E-state index in [1.54, 1.807) is 0 Å². The minimum absolute atomic E-state index is 0.0584. The van der Waals surface area contributed by atoms with Crippen LogP contribution in [-0.2, 0) is 20.7 Å². The van der Waals surface area contributed by atoms with E-state index in [9.17, 15) is 9.59 Å². The van der Waals surface area contributed by atoms with Crippen molar-refractivity contribution in [2.75, 3.05) is 7.11 Å². The van der Waals surface area contributed by atoms with Crippen molar-refractivity contribution in [1.82, 2.24) is 5.32 Å². The average Bonchev–Trinajstić information content (AvgIpc) is 2.50. The second-order valence-corrected chi connectivity index (χ2v) is 4.94. The molecule has 1 aromatic rings. The maximum Gasteiger partial charge on any atom is 0.328 e. The first kappa shape index (κ1) is 16.2. The second-order valence-electron chi connectivity index (χ2n) is 4.94. The maximum absolute atomic E-state index is 11.9. The van der Waals surface area contributed by atoms with Crippen LogP contribution in [0, 0.1) is 5.92 Å². The third kappa shape index (κ3) is 5.03. The molecule has 0 radical (unpaired) electrons. The highest BCUT2D eigenvalue weighted by atomic mass is 16.5. The molecule has 1 amide bonds. The minimum atomic E-state index is -0.562. The van der Waals surface area contributed by atoms with Gasteiger partial charge < -0.3 is 10.1 Å². The number of carbonyl (C=O) groups is 2. The van der Waals surface area contributed by atoms with Crippen molar-refractivity contribution in [3.63, 3.8) is 0 Å². The van der Waals surface area contributed by atoms with Crippen LogP contribution in [0.3, 0.4) is 0 Å². The van der Waals surface area contributed by atoms with E-state index >= 15 is 0 Å². The van der Waals surface area contributed by atoms with Crippen molar-refractivity contribution >= 4 is 11.9 Å². The van der Waals surface area contributed by atoms with Crippen LogP contribution >= 0.6 is 0 Å². The number of aryl methyl sites for hydroxylation is 1. The first-order valence-corrected chi connectivity index (χ1v) is 6.99. The van der Waals surface area contributed by atoms with E-state index in [-0.39, 0.29) is 17.8 Å². The molecule has 0 unspecified atom stereocenters. The lowest BCUT2D eigenvalue weighted by atomic mass is 9.99. The summed E-state index contributed by atoms with van der Waals surface area (Å²) in [7, 11) is 1.34. The zero-order valence-electron chi connectivity index (χ0n) is 12.4. The van der Waals surface area contributed by atoms with Crippen LogP contribution in [0.1, 0.15) is 32.3 Å². The molecule has 4 nitrogen and oxygen atoms in total. The van der Waals surface area contributed by atoms with Gasteiger partial charge in [-0.05, 0) is 17.9 Å². The molecule has 0 fully saturated rings. The molecular weight excluding hydrogens is 254 g/mol. The first-order chi connectivity index (χ1) is 9.58. The Kier molecular flexibility index (Phi) is 6.77. The minimum Gasteiger partial charge on any atom is -0.467 e. The van der Waals surface area contributed by atoms with Gasteiger partial charge in [0, 0.05) is 6.42 Å². The molecule has 2 atom stereocenters. The lowest BCUT2D eigenvalue weighted by molar-refractivity contribution is -0.146. The molecule has 0 saturated heterocycles. The molecule has 0 aliphatic carbocycles. The molecule has 0 bridgehead atoms. The smallest absolute Gasteiger partial charge is 0.328 e. The molecule has 0 heterocycles. The summed E-state index contributed by atoms with van der Waals surface area (Å²) < 4.78 is 4.75. The van der Waals surface area contributed by atoms with Crippen molar-refractivity contribution < 1.29 is 14.3 Å². The van der Waals surface area contributed by atoms with Crippen LogP contribution in [0.4, 0.5) is 0 Å². The summed E-state index contributed by atoms with van der Waals surface area (Å²) in [5.74, 6) is -0.444. The zero-order valence-corrected chi connectivity index (χ0v) is 12.4. The molecule has 1 N–H and O–H groups in total. The number of nitrogens with one attached hydrogen (secondary N) is 1.